The van der Waals surface area contributed by atoms with Crippen molar-refractivity contribution in [2.75, 3.05) is 4.90 Å². The Morgan fingerprint density at radius 2 is 0.857 bits per heavy atom. The number of thiophene rings is 1. The third-order valence-corrected chi connectivity index (χ3v) is 14.5. The molecule has 0 saturated carbocycles. The first-order chi connectivity index (χ1) is 31.0. The molecule has 63 heavy (non-hydrogen) atoms. The molecule has 2 heteroatoms. The summed E-state index contributed by atoms with van der Waals surface area (Å²) >= 11 is 1.90. The predicted molar refractivity (Wildman–Crippen MR) is 271 cm³/mol. The van der Waals surface area contributed by atoms with Crippen LogP contribution >= 0.6 is 11.3 Å². The second-order valence-electron chi connectivity index (χ2n) is 17.3. The van der Waals surface area contributed by atoms with Gasteiger partial charge in [0.25, 0.3) is 0 Å². The van der Waals surface area contributed by atoms with Crippen molar-refractivity contribution in [3.63, 3.8) is 0 Å². The molecule has 0 amide bonds. The van der Waals surface area contributed by atoms with E-state index in [9.17, 15) is 0 Å². The quantitative estimate of drug-likeness (QED) is 0.155. The largest absolute Gasteiger partial charge is 0.310 e. The Morgan fingerprint density at radius 3 is 1.52 bits per heavy atom. The molecule has 11 aromatic rings. The first kappa shape index (κ1) is 37.3. The van der Waals surface area contributed by atoms with E-state index in [0.717, 1.165) is 11.4 Å². The third-order valence-electron chi connectivity index (χ3n) is 13.2. The average molecular weight is 822 g/mol. The number of benzene rings is 10. The Bertz CT molecular complexity index is 3450. The molecular formula is C61H43NS. The monoisotopic (exact) mass is 821 g/mol. The molecule has 1 nitrogen and oxygen atoms in total. The summed E-state index contributed by atoms with van der Waals surface area (Å²) in [6, 6.07) is 82.8. The molecule has 12 rings (SSSR count). The van der Waals surface area contributed by atoms with Crippen molar-refractivity contribution in [1.29, 1.82) is 0 Å². The van der Waals surface area contributed by atoms with Crippen molar-refractivity contribution < 1.29 is 0 Å². The van der Waals surface area contributed by atoms with Gasteiger partial charge in [0.15, 0.2) is 0 Å². The van der Waals surface area contributed by atoms with Crippen LogP contribution < -0.4 is 4.90 Å². The highest BCUT2D eigenvalue weighted by Crippen LogP contribution is 2.52. The van der Waals surface area contributed by atoms with Gasteiger partial charge in [-0.15, -0.1) is 11.3 Å². The summed E-state index contributed by atoms with van der Waals surface area (Å²) in [6.07, 6.45) is 0. The Morgan fingerprint density at radius 1 is 0.333 bits per heavy atom. The molecule has 0 spiro atoms. The van der Waals surface area contributed by atoms with Gasteiger partial charge in [-0.05, 0) is 127 Å². The molecule has 0 fully saturated rings. The van der Waals surface area contributed by atoms with Gasteiger partial charge in [0, 0.05) is 47.7 Å². The summed E-state index contributed by atoms with van der Waals surface area (Å²) in [5, 5.41) is 5.08. The predicted octanol–water partition coefficient (Wildman–Crippen LogP) is 17.7. The first-order valence-electron chi connectivity index (χ1n) is 21.8. The van der Waals surface area contributed by atoms with Crippen LogP contribution in [0.4, 0.5) is 17.1 Å². The molecule has 1 aromatic heterocycles. The zero-order chi connectivity index (χ0) is 42.1. The van der Waals surface area contributed by atoms with E-state index in [1.54, 1.807) is 0 Å². The fourth-order valence-electron chi connectivity index (χ4n) is 10.0. The Balaban J connectivity index is 0.978. The summed E-state index contributed by atoms with van der Waals surface area (Å²) in [7, 11) is 0. The maximum Gasteiger partial charge on any atom is 0.0547 e. The third kappa shape index (κ3) is 6.29. The van der Waals surface area contributed by atoms with E-state index in [2.05, 4.69) is 243 Å². The van der Waals surface area contributed by atoms with Crippen molar-refractivity contribution in [2.24, 2.45) is 0 Å². The molecular weight excluding hydrogens is 779 g/mol. The number of fused-ring (bicyclic) bond motifs is 8. The highest BCUT2D eigenvalue weighted by atomic mass is 32.1. The molecule has 0 saturated heterocycles. The highest BCUT2D eigenvalue weighted by Gasteiger charge is 2.36. The lowest BCUT2D eigenvalue weighted by Gasteiger charge is -2.29. The molecule has 10 aromatic carbocycles. The summed E-state index contributed by atoms with van der Waals surface area (Å²) in [4.78, 5) is 2.48. The number of nitrogens with zero attached hydrogens (tertiary/aromatic N) is 1. The molecule has 0 atom stereocenters. The standard InChI is InChI=1S/C61H43NS/c1-61(2)56-25-15-14-22-50(56)51-32-31-49(38-57(51)61)62(48-20-10-5-11-21-48)58-39-55-54-37-44(30-33-59(54)63-60(55)53-24-13-12-23-52(53)58)42-26-28-43(29-27-42)47-35-45(40-16-6-3-7-17-40)34-46(36-47)41-18-8-4-9-19-41/h3-39H,1-2H3. The lowest BCUT2D eigenvalue weighted by Crippen LogP contribution is -2.16. The smallest absolute Gasteiger partial charge is 0.0547 e. The minimum absolute atomic E-state index is 0.105. The molecule has 0 unspecified atom stereocenters. The first-order valence-corrected chi connectivity index (χ1v) is 22.6. The number of anilines is 3. The van der Waals surface area contributed by atoms with Gasteiger partial charge in [-0.2, -0.15) is 0 Å². The summed E-state index contributed by atoms with van der Waals surface area (Å²) < 4.78 is 2.62. The lowest BCUT2D eigenvalue weighted by atomic mass is 9.82. The average Bonchev–Trinajstić information content (AvgIpc) is 3.83. The Labute approximate surface area is 372 Å². The van der Waals surface area contributed by atoms with Crippen molar-refractivity contribution in [3.05, 3.63) is 236 Å². The van der Waals surface area contributed by atoms with E-state index in [-0.39, 0.29) is 5.41 Å². The molecule has 1 heterocycles. The van der Waals surface area contributed by atoms with Crippen LogP contribution in [-0.4, -0.2) is 0 Å². The number of rotatable bonds is 7. The van der Waals surface area contributed by atoms with Gasteiger partial charge < -0.3 is 4.90 Å². The van der Waals surface area contributed by atoms with Crippen LogP contribution in [0.1, 0.15) is 25.0 Å². The van der Waals surface area contributed by atoms with Crippen LogP contribution in [0.2, 0.25) is 0 Å². The van der Waals surface area contributed by atoms with Crippen molar-refractivity contribution in [3.8, 4) is 55.6 Å². The zero-order valence-corrected chi connectivity index (χ0v) is 36.0. The van der Waals surface area contributed by atoms with E-state index in [1.807, 2.05) is 11.3 Å². The van der Waals surface area contributed by atoms with Crippen molar-refractivity contribution >= 4 is 59.3 Å². The highest BCUT2D eigenvalue weighted by molar-refractivity contribution is 7.26. The van der Waals surface area contributed by atoms with Crippen LogP contribution in [-0.2, 0) is 5.41 Å². The van der Waals surface area contributed by atoms with Crippen molar-refractivity contribution in [2.45, 2.75) is 19.3 Å². The van der Waals surface area contributed by atoms with E-state index < -0.39 is 0 Å². The zero-order valence-electron chi connectivity index (χ0n) is 35.2. The Kier molecular flexibility index (Phi) is 8.77. The Hall–Kier alpha value is -7.52. The van der Waals surface area contributed by atoms with E-state index in [4.69, 9.17) is 0 Å². The maximum absolute atomic E-state index is 2.48. The fraction of sp³-hybridized carbons (Fsp3) is 0.0492. The molecule has 0 radical (unpaired) electrons. The van der Waals surface area contributed by atoms with Gasteiger partial charge in [-0.25, -0.2) is 0 Å². The molecule has 0 aliphatic heterocycles. The molecule has 0 N–H and O–H groups in total. The van der Waals surface area contributed by atoms with Gasteiger partial charge in [0.05, 0.1) is 5.69 Å². The van der Waals surface area contributed by atoms with Crippen molar-refractivity contribution in [1.82, 2.24) is 0 Å². The number of para-hydroxylation sites is 1. The van der Waals surface area contributed by atoms with Gasteiger partial charge in [-0.3, -0.25) is 0 Å². The minimum atomic E-state index is -0.105. The van der Waals surface area contributed by atoms with Crippen LogP contribution in [0.25, 0.3) is 86.6 Å². The van der Waals surface area contributed by atoms with Gasteiger partial charge in [-0.1, -0.05) is 178 Å². The fourth-order valence-corrected chi connectivity index (χ4v) is 11.2. The van der Waals surface area contributed by atoms with E-state index in [0.29, 0.717) is 0 Å². The lowest BCUT2D eigenvalue weighted by molar-refractivity contribution is 0.660. The van der Waals surface area contributed by atoms with Gasteiger partial charge >= 0.3 is 0 Å². The topological polar surface area (TPSA) is 3.24 Å². The van der Waals surface area contributed by atoms with Gasteiger partial charge in [0.2, 0.25) is 0 Å². The summed E-state index contributed by atoms with van der Waals surface area (Å²) in [5.41, 5.74) is 18.5. The number of hydrogen-bond donors (Lipinski definition) is 0. The minimum Gasteiger partial charge on any atom is -0.310 e. The SMILES string of the molecule is CC1(C)c2ccccc2-c2ccc(N(c3ccccc3)c3cc4c5cc(-c6ccc(-c7cc(-c8ccccc8)cc(-c8ccccc8)c7)cc6)ccc5sc4c4ccccc34)cc21. The maximum atomic E-state index is 2.48. The van der Waals surface area contributed by atoms with Gasteiger partial charge in [0.1, 0.15) is 0 Å². The second-order valence-corrected chi connectivity index (χ2v) is 18.4. The second kappa shape index (κ2) is 14.8. The molecule has 1 aliphatic carbocycles. The van der Waals surface area contributed by atoms with Crippen LogP contribution in [0.15, 0.2) is 224 Å². The van der Waals surface area contributed by atoms with E-state index >= 15 is 0 Å². The normalized spacial score (nSPS) is 12.7. The molecule has 0 bridgehead atoms. The van der Waals surface area contributed by atoms with E-state index in [1.165, 1.54) is 103 Å². The van der Waals surface area contributed by atoms with Crippen LogP contribution in [0, 0.1) is 0 Å². The number of hydrogen-bond acceptors (Lipinski definition) is 2. The molecule has 298 valence electrons. The summed E-state index contributed by atoms with van der Waals surface area (Å²) in [6.45, 7) is 4.73. The van der Waals surface area contributed by atoms with Crippen LogP contribution in [0.5, 0.6) is 0 Å². The molecule has 1 aliphatic rings. The summed E-state index contributed by atoms with van der Waals surface area (Å²) in [5.74, 6) is 0. The van der Waals surface area contributed by atoms with Crippen LogP contribution in [0.3, 0.4) is 0 Å².